The van der Waals surface area contributed by atoms with E-state index in [2.05, 4.69) is 35.1 Å². The van der Waals surface area contributed by atoms with Crippen molar-refractivity contribution < 1.29 is 8.78 Å². The highest BCUT2D eigenvalue weighted by atomic mass is 19.1. The predicted octanol–water partition coefficient (Wildman–Crippen LogP) is 4.49. The molecule has 0 fully saturated rings. The number of anilines is 1. The van der Waals surface area contributed by atoms with Crippen LogP contribution in [-0.4, -0.2) is 35.1 Å². The molecule has 0 aliphatic heterocycles. The molecule has 10 heteroatoms. The van der Waals surface area contributed by atoms with Crippen LogP contribution in [0.25, 0.3) is 56.0 Å². The largest absolute Gasteiger partial charge is 0.397 e. The molecule has 0 aliphatic carbocycles. The van der Waals surface area contributed by atoms with Crippen molar-refractivity contribution in [3.63, 3.8) is 0 Å². The summed E-state index contributed by atoms with van der Waals surface area (Å²) in [6, 6.07) is 9.50. The molecule has 0 radical (unpaired) electrons. The molecular weight excluding hydrogens is 426 g/mol. The summed E-state index contributed by atoms with van der Waals surface area (Å²) in [6.45, 7) is 0. The van der Waals surface area contributed by atoms with Gasteiger partial charge in [-0.05, 0) is 29.8 Å². The highest BCUT2D eigenvalue weighted by Gasteiger charge is 2.21. The second kappa shape index (κ2) is 7.16. The van der Waals surface area contributed by atoms with Gasteiger partial charge in [-0.15, -0.1) is 0 Å². The number of imidazole rings is 1. The Balaban J connectivity index is 1.54. The fraction of sp³-hybridized carbons (Fsp3) is 0. The molecule has 6 rings (SSSR count). The van der Waals surface area contributed by atoms with Crippen molar-refractivity contribution in [1.29, 1.82) is 0 Å². The number of nitrogen functional groups attached to an aromatic ring is 1. The first-order valence-corrected chi connectivity index (χ1v) is 9.93. The van der Waals surface area contributed by atoms with Gasteiger partial charge >= 0.3 is 0 Å². The Morgan fingerprint density at radius 1 is 0.848 bits per heavy atom. The summed E-state index contributed by atoms with van der Waals surface area (Å²) < 4.78 is 29.0. The van der Waals surface area contributed by atoms with Gasteiger partial charge < -0.3 is 10.7 Å². The molecule has 4 N–H and O–H groups in total. The van der Waals surface area contributed by atoms with E-state index in [4.69, 9.17) is 5.73 Å². The van der Waals surface area contributed by atoms with Crippen molar-refractivity contribution in [3.05, 3.63) is 72.8 Å². The number of nitrogens with two attached hydrogens (primary N) is 1. The summed E-state index contributed by atoms with van der Waals surface area (Å²) in [5.74, 6) is -0.533. The number of nitrogens with one attached hydrogen (secondary N) is 2. The quantitative estimate of drug-likeness (QED) is 0.373. The minimum absolute atomic E-state index is 0.178. The molecule has 5 aromatic heterocycles. The normalized spacial score (nSPS) is 11.5. The van der Waals surface area contributed by atoms with E-state index in [1.165, 1.54) is 30.7 Å². The standard InChI is InChI=1S/C23H14F2N8/c24-13-3-1-11(2-4-13)15-5-6-28-22-19(15)30-23(31-22)20-17-18(25)16(10-29-21(17)33-32-20)12-7-14(26)9-27-8-12/h1-10H,26H2,(H,28,30,31)(H,29,32,33). The van der Waals surface area contributed by atoms with Gasteiger partial charge in [0.25, 0.3) is 0 Å². The molecule has 0 spiro atoms. The minimum atomic E-state index is -0.525. The van der Waals surface area contributed by atoms with Crippen LogP contribution in [0.4, 0.5) is 14.5 Å². The van der Waals surface area contributed by atoms with Gasteiger partial charge in [0, 0.05) is 41.5 Å². The van der Waals surface area contributed by atoms with Gasteiger partial charge in [-0.3, -0.25) is 10.1 Å². The highest BCUT2D eigenvalue weighted by molar-refractivity contribution is 5.96. The summed E-state index contributed by atoms with van der Waals surface area (Å²) in [7, 11) is 0. The van der Waals surface area contributed by atoms with E-state index in [1.807, 2.05) is 0 Å². The lowest BCUT2D eigenvalue weighted by molar-refractivity contribution is 0.628. The summed E-state index contributed by atoms with van der Waals surface area (Å²) in [5, 5.41) is 7.18. The maximum absolute atomic E-state index is 15.6. The van der Waals surface area contributed by atoms with E-state index in [0.29, 0.717) is 28.2 Å². The molecule has 0 aliphatic rings. The first-order valence-electron chi connectivity index (χ1n) is 9.93. The Kier molecular flexibility index (Phi) is 4.12. The Labute approximate surface area is 184 Å². The lowest BCUT2D eigenvalue weighted by Gasteiger charge is -2.05. The summed E-state index contributed by atoms with van der Waals surface area (Å²) in [4.78, 5) is 20.4. The number of hydrogen-bond acceptors (Lipinski definition) is 6. The zero-order valence-electron chi connectivity index (χ0n) is 16.8. The molecule has 8 nitrogen and oxygen atoms in total. The molecule has 0 saturated heterocycles. The van der Waals surface area contributed by atoms with Crippen LogP contribution in [0, 0.1) is 11.6 Å². The lowest BCUT2D eigenvalue weighted by atomic mass is 10.1. The molecule has 160 valence electrons. The van der Waals surface area contributed by atoms with Gasteiger partial charge in [0.1, 0.15) is 22.8 Å². The molecule has 0 bridgehead atoms. The van der Waals surface area contributed by atoms with Gasteiger partial charge in [-0.2, -0.15) is 5.10 Å². The van der Waals surface area contributed by atoms with Crippen LogP contribution >= 0.6 is 0 Å². The molecule has 5 heterocycles. The van der Waals surface area contributed by atoms with Gasteiger partial charge in [0.2, 0.25) is 0 Å². The molecular formula is C23H14F2N8. The maximum Gasteiger partial charge on any atom is 0.161 e. The third kappa shape index (κ3) is 3.07. The fourth-order valence-corrected chi connectivity index (χ4v) is 3.82. The number of pyridine rings is 3. The number of halogens is 2. The third-order valence-electron chi connectivity index (χ3n) is 5.36. The number of aromatic amines is 2. The predicted molar refractivity (Wildman–Crippen MR) is 120 cm³/mol. The van der Waals surface area contributed by atoms with Crippen molar-refractivity contribution in [1.82, 2.24) is 35.1 Å². The number of nitrogens with zero attached hydrogens (tertiary/aromatic N) is 5. The smallest absolute Gasteiger partial charge is 0.161 e. The lowest BCUT2D eigenvalue weighted by Crippen LogP contribution is -1.93. The monoisotopic (exact) mass is 440 g/mol. The highest BCUT2D eigenvalue weighted by Crippen LogP contribution is 2.34. The molecule has 33 heavy (non-hydrogen) atoms. The maximum atomic E-state index is 15.6. The number of fused-ring (bicyclic) bond motifs is 2. The first kappa shape index (κ1) is 19.0. The van der Waals surface area contributed by atoms with Gasteiger partial charge in [0.15, 0.2) is 17.1 Å². The van der Waals surface area contributed by atoms with E-state index in [-0.39, 0.29) is 28.1 Å². The SMILES string of the molecule is Nc1cncc(-c2cnc3[nH]nc(-c4nc5c(-c6ccc(F)cc6)ccnc5[nH]4)c3c2F)c1. The molecule has 0 saturated carbocycles. The molecule has 0 unspecified atom stereocenters. The number of aromatic nitrogens is 7. The zero-order chi connectivity index (χ0) is 22.5. The molecule has 6 aromatic rings. The summed E-state index contributed by atoms with van der Waals surface area (Å²) in [6.07, 6.45) is 6.03. The molecule has 0 atom stereocenters. The Hall–Kier alpha value is -4.73. The van der Waals surface area contributed by atoms with Crippen LogP contribution in [-0.2, 0) is 0 Å². The third-order valence-corrected chi connectivity index (χ3v) is 5.36. The Morgan fingerprint density at radius 2 is 1.70 bits per heavy atom. The average molecular weight is 440 g/mol. The van der Waals surface area contributed by atoms with Crippen LogP contribution in [0.2, 0.25) is 0 Å². The van der Waals surface area contributed by atoms with Crippen molar-refractivity contribution in [2.75, 3.05) is 5.73 Å². The second-order valence-corrected chi connectivity index (χ2v) is 7.44. The van der Waals surface area contributed by atoms with Gasteiger partial charge in [-0.1, -0.05) is 12.1 Å². The number of H-pyrrole nitrogens is 2. The van der Waals surface area contributed by atoms with Crippen molar-refractivity contribution >= 4 is 27.9 Å². The van der Waals surface area contributed by atoms with Crippen molar-refractivity contribution in [3.8, 4) is 33.8 Å². The van der Waals surface area contributed by atoms with E-state index < -0.39 is 5.82 Å². The summed E-state index contributed by atoms with van der Waals surface area (Å²) in [5.41, 5.74) is 10.1. The Bertz CT molecular complexity index is 1650. The van der Waals surface area contributed by atoms with Crippen LogP contribution in [0.3, 0.4) is 0 Å². The topological polar surface area (TPSA) is 122 Å². The van der Waals surface area contributed by atoms with Crippen LogP contribution < -0.4 is 5.73 Å². The van der Waals surface area contributed by atoms with Gasteiger partial charge in [-0.25, -0.2) is 23.7 Å². The van der Waals surface area contributed by atoms with E-state index in [0.717, 1.165) is 11.1 Å². The zero-order valence-corrected chi connectivity index (χ0v) is 16.8. The second-order valence-electron chi connectivity index (χ2n) is 7.44. The number of hydrogen-bond donors (Lipinski definition) is 3. The minimum Gasteiger partial charge on any atom is -0.397 e. The fourth-order valence-electron chi connectivity index (χ4n) is 3.82. The van der Waals surface area contributed by atoms with Crippen molar-refractivity contribution in [2.45, 2.75) is 0 Å². The van der Waals surface area contributed by atoms with Crippen LogP contribution in [0.1, 0.15) is 0 Å². The molecule has 1 aromatic carbocycles. The number of rotatable bonds is 3. The van der Waals surface area contributed by atoms with E-state index in [1.54, 1.807) is 30.5 Å². The van der Waals surface area contributed by atoms with Crippen LogP contribution in [0.5, 0.6) is 0 Å². The van der Waals surface area contributed by atoms with E-state index >= 15 is 4.39 Å². The number of benzene rings is 1. The van der Waals surface area contributed by atoms with E-state index in [9.17, 15) is 4.39 Å². The van der Waals surface area contributed by atoms with Crippen molar-refractivity contribution in [2.24, 2.45) is 0 Å². The summed E-state index contributed by atoms with van der Waals surface area (Å²) >= 11 is 0. The Morgan fingerprint density at radius 3 is 2.52 bits per heavy atom. The van der Waals surface area contributed by atoms with Gasteiger partial charge in [0.05, 0.1) is 11.1 Å². The first-order chi connectivity index (χ1) is 16.1. The molecule has 0 amide bonds. The average Bonchev–Trinajstić information content (AvgIpc) is 3.44. The van der Waals surface area contributed by atoms with Crippen LogP contribution in [0.15, 0.2) is 61.2 Å².